The minimum Gasteiger partial charge on any atom is -0.497 e. The lowest BCUT2D eigenvalue weighted by atomic mass is 10.2. The second-order valence-electron chi connectivity index (χ2n) is 12.1. The number of ether oxygens (including phenoxy) is 2. The molecule has 1 amide bonds. The van der Waals surface area contributed by atoms with E-state index in [4.69, 9.17) is 19.6 Å². The van der Waals surface area contributed by atoms with Gasteiger partial charge in [0, 0.05) is 63.3 Å². The van der Waals surface area contributed by atoms with Gasteiger partial charge >= 0.3 is 6.09 Å². The fourth-order valence-corrected chi connectivity index (χ4v) is 6.33. The van der Waals surface area contributed by atoms with Crippen LogP contribution in [0.15, 0.2) is 42.9 Å². The summed E-state index contributed by atoms with van der Waals surface area (Å²) in [6.45, 7) is 11.6. The molecule has 0 radical (unpaired) electrons. The molecule has 3 aromatic heterocycles. The van der Waals surface area contributed by atoms with Crippen LogP contribution in [0.2, 0.25) is 0 Å². The van der Waals surface area contributed by atoms with Gasteiger partial charge in [-0.3, -0.25) is 9.58 Å². The van der Waals surface area contributed by atoms with Gasteiger partial charge in [0.05, 0.1) is 37.3 Å². The number of nitrogens with zero attached hydrogens (tertiary/aromatic N) is 8. The Morgan fingerprint density at radius 2 is 1.78 bits per heavy atom. The zero-order valence-corrected chi connectivity index (χ0v) is 26.8. The van der Waals surface area contributed by atoms with Crippen LogP contribution in [-0.2, 0) is 17.7 Å². The van der Waals surface area contributed by atoms with E-state index in [9.17, 15) is 9.18 Å². The second kappa shape index (κ2) is 13.0. The van der Waals surface area contributed by atoms with E-state index in [2.05, 4.69) is 31.3 Å². The van der Waals surface area contributed by atoms with Gasteiger partial charge in [0.1, 0.15) is 11.4 Å². The summed E-state index contributed by atoms with van der Waals surface area (Å²) in [5.41, 5.74) is 2.46. The first-order valence-corrected chi connectivity index (χ1v) is 15.9. The summed E-state index contributed by atoms with van der Waals surface area (Å²) in [5.74, 6) is 1.51. The van der Waals surface area contributed by atoms with E-state index >= 15 is 0 Å². The van der Waals surface area contributed by atoms with Crippen molar-refractivity contribution in [3.05, 3.63) is 59.1 Å². The number of carbonyl (C=O) groups is 1. The topological polar surface area (TPSA) is 114 Å². The maximum absolute atomic E-state index is 13.3. The van der Waals surface area contributed by atoms with Crippen molar-refractivity contribution in [2.45, 2.75) is 39.3 Å². The number of aromatic nitrogens is 5. The molecule has 14 heteroatoms. The summed E-state index contributed by atoms with van der Waals surface area (Å²) < 4.78 is 26.2. The van der Waals surface area contributed by atoms with Crippen LogP contribution in [0.5, 0.6) is 5.75 Å². The number of carbonyl (C=O) groups excluding carboxylic acids is 1. The first-order chi connectivity index (χ1) is 21.6. The molecule has 0 spiro atoms. The molecule has 1 aromatic carbocycles. The normalized spacial score (nSPS) is 15.3. The molecule has 6 rings (SSSR count). The number of piperazine rings is 1. The molecule has 238 valence electrons. The first-order valence-electron chi connectivity index (χ1n) is 15.0. The molecule has 45 heavy (non-hydrogen) atoms. The number of amides is 1. The Hall–Kier alpha value is -4.30. The van der Waals surface area contributed by atoms with Gasteiger partial charge in [-0.15, -0.1) is 11.3 Å². The Morgan fingerprint density at radius 1 is 1.04 bits per heavy atom. The zero-order valence-electron chi connectivity index (χ0n) is 26.0. The first kappa shape index (κ1) is 30.7. The highest BCUT2D eigenvalue weighted by Gasteiger charge is 2.29. The summed E-state index contributed by atoms with van der Waals surface area (Å²) >= 11 is 1.55. The van der Waals surface area contributed by atoms with E-state index in [1.54, 1.807) is 23.3 Å². The fourth-order valence-electron chi connectivity index (χ4n) is 5.37. The van der Waals surface area contributed by atoms with Crippen LogP contribution in [0.1, 0.15) is 31.2 Å². The minimum atomic E-state index is -0.502. The molecule has 1 N–H and O–H groups in total. The highest BCUT2D eigenvalue weighted by atomic mass is 32.1. The number of methoxy groups -OCH3 is 1. The maximum Gasteiger partial charge on any atom is 0.410 e. The molecule has 2 aliphatic rings. The van der Waals surface area contributed by atoms with Gasteiger partial charge in [-0.25, -0.2) is 24.1 Å². The van der Waals surface area contributed by atoms with E-state index in [0.29, 0.717) is 30.7 Å². The quantitative estimate of drug-likeness (QED) is 0.294. The number of nitrogens with one attached hydrogen (secondary N) is 1. The number of anilines is 3. The summed E-state index contributed by atoms with van der Waals surface area (Å²) in [4.78, 5) is 33.1. The van der Waals surface area contributed by atoms with Crippen molar-refractivity contribution in [3.8, 4) is 17.0 Å². The number of rotatable bonds is 8. The number of benzene rings is 1. The summed E-state index contributed by atoms with van der Waals surface area (Å²) in [5, 5.41) is 8.84. The molecule has 0 aliphatic carbocycles. The zero-order chi connectivity index (χ0) is 31.6. The molecular weight excluding hydrogens is 597 g/mol. The largest absolute Gasteiger partial charge is 0.497 e. The minimum absolute atomic E-state index is 0.250. The molecule has 0 atom stereocenters. The monoisotopic (exact) mass is 635 g/mol. The van der Waals surface area contributed by atoms with Crippen LogP contribution in [0, 0.1) is 5.82 Å². The molecule has 5 heterocycles. The van der Waals surface area contributed by atoms with Gasteiger partial charge in [0.25, 0.3) is 0 Å². The molecule has 4 aromatic rings. The molecule has 1 saturated heterocycles. The van der Waals surface area contributed by atoms with E-state index < -0.39 is 11.4 Å². The van der Waals surface area contributed by atoms with Gasteiger partial charge in [-0.05, 0) is 38.5 Å². The van der Waals surface area contributed by atoms with Crippen molar-refractivity contribution in [3.63, 3.8) is 0 Å². The van der Waals surface area contributed by atoms with Crippen molar-refractivity contribution in [1.82, 2.24) is 34.5 Å². The number of hydrogen-bond acceptors (Lipinski definition) is 11. The van der Waals surface area contributed by atoms with Crippen molar-refractivity contribution in [2.75, 3.05) is 63.1 Å². The Bertz CT molecular complexity index is 1610. The Balaban J connectivity index is 1.19. The average Bonchev–Trinajstić information content (AvgIpc) is 3.59. The Morgan fingerprint density at radius 3 is 2.47 bits per heavy atom. The molecule has 1 fully saturated rings. The molecule has 0 saturated carbocycles. The van der Waals surface area contributed by atoms with E-state index in [-0.39, 0.29) is 6.09 Å². The van der Waals surface area contributed by atoms with Crippen molar-refractivity contribution in [2.24, 2.45) is 0 Å². The standard InChI is InChI=1S/C31H38FN9O3S/c1-31(2,3)44-30(42)40-15-12-38(13-16-40)11-14-39-10-9-25-26(35-29(45-25)36-28-33-17-22(32)18-34-28)24-20-41(37-27(24)39)19-21-5-7-23(43-4)8-6-21/h5-8,17-18,20H,9-16,19H2,1-4H3,(H,33,34,35,36). The summed E-state index contributed by atoms with van der Waals surface area (Å²) in [6, 6.07) is 7.98. The van der Waals surface area contributed by atoms with Gasteiger partial charge in [-0.2, -0.15) is 5.10 Å². The van der Waals surface area contributed by atoms with Crippen molar-refractivity contribution >= 4 is 34.3 Å². The number of thiazole rings is 1. The van der Waals surface area contributed by atoms with Crippen LogP contribution in [0.4, 0.5) is 26.1 Å². The predicted molar refractivity (Wildman–Crippen MR) is 171 cm³/mol. The third kappa shape index (κ3) is 7.51. The number of hydrogen-bond donors (Lipinski definition) is 1. The lowest BCUT2D eigenvalue weighted by Crippen LogP contribution is -2.51. The average molecular weight is 636 g/mol. The second-order valence-corrected chi connectivity index (χ2v) is 13.2. The van der Waals surface area contributed by atoms with E-state index in [1.165, 1.54) is 0 Å². The summed E-state index contributed by atoms with van der Waals surface area (Å²) in [7, 11) is 1.66. The number of halogens is 1. The van der Waals surface area contributed by atoms with Crippen molar-refractivity contribution in [1.29, 1.82) is 0 Å². The highest BCUT2D eigenvalue weighted by molar-refractivity contribution is 7.16. The van der Waals surface area contributed by atoms with Gasteiger partial charge in [0.2, 0.25) is 5.95 Å². The molecular formula is C31H38FN9O3S. The molecule has 12 nitrogen and oxygen atoms in total. The summed E-state index contributed by atoms with van der Waals surface area (Å²) in [6.07, 6.45) is 4.88. The Kier molecular flexibility index (Phi) is 8.85. The van der Waals surface area contributed by atoms with Crippen LogP contribution >= 0.6 is 11.3 Å². The number of fused-ring (bicyclic) bond motifs is 3. The lowest BCUT2D eigenvalue weighted by molar-refractivity contribution is 0.0147. The van der Waals surface area contributed by atoms with Gasteiger partial charge in [0.15, 0.2) is 16.8 Å². The van der Waals surface area contributed by atoms with Crippen molar-refractivity contribution < 1.29 is 18.7 Å². The van der Waals surface area contributed by atoms with Gasteiger partial charge in [-0.1, -0.05) is 12.1 Å². The van der Waals surface area contributed by atoms with Crippen LogP contribution in [-0.4, -0.2) is 99.1 Å². The molecule has 2 aliphatic heterocycles. The van der Waals surface area contributed by atoms with E-state index in [1.807, 2.05) is 49.7 Å². The third-order valence-corrected chi connectivity index (χ3v) is 8.69. The third-order valence-electron chi connectivity index (χ3n) is 7.66. The van der Waals surface area contributed by atoms with Gasteiger partial charge < -0.3 is 24.6 Å². The van der Waals surface area contributed by atoms with Crippen LogP contribution < -0.4 is 15.0 Å². The highest BCUT2D eigenvalue weighted by Crippen LogP contribution is 2.40. The lowest BCUT2D eigenvalue weighted by Gasteiger charge is -2.36. The van der Waals surface area contributed by atoms with Crippen LogP contribution in [0.3, 0.4) is 0 Å². The Labute approximate surface area is 265 Å². The van der Waals surface area contributed by atoms with Crippen LogP contribution in [0.25, 0.3) is 11.3 Å². The smallest absolute Gasteiger partial charge is 0.410 e. The van der Waals surface area contributed by atoms with E-state index in [0.717, 1.165) is 84.8 Å². The molecule has 0 unspecified atom stereocenters. The fraction of sp³-hybridized carbons (Fsp3) is 0.452. The SMILES string of the molecule is COc1ccc(Cn2cc3c(n2)N(CCN2CCN(C(=O)OC(C)(C)C)CC2)CCc2sc(Nc4ncc(F)cn4)nc2-3)cc1. The maximum atomic E-state index is 13.3. The molecule has 0 bridgehead atoms. The predicted octanol–water partition coefficient (Wildman–Crippen LogP) is 4.65.